The second kappa shape index (κ2) is 10.2. The molecule has 0 unspecified atom stereocenters. The van der Waals surface area contributed by atoms with Crippen LogP contribution in [0.2, 0.25) is 10.0 Å². The number of amides is 1. The first-order valence-corrected chi connectivity index (χ1v) is 11.7. The lowest BCUT2D eigenvalue weighted by atomic mass is 10.0. The third kappa shape index (κ3) is 4.97. The van der Waals surface area contributed by atoms with Crippen molar-refractivity contribution < 1.29 is 9.18 Å². The second-order valence-corrected chi connectivity index (χ2v) is 9.40. The second-order valence-electron chi connectivity index (χ2n) is 8.59. The lowest BCUT2D eigenvalue weighted by Gasteiger charge is -2.26. The van der Waals surface area contributed by atoms with Gasteiger partial charge < -0.3 is 14.4 Å². The molecule has 0 aliphatic rings. The summed E-state index contributed by atoms with van der Waals surface area (Å²) in [6.07, 6.45) is 0. The lowest BCUT2D eigenvalue weighted by Crippen LogP contribution is -2.37. The van der Waals surface area contributed by atoms with E-state index in [0.717, 1.165) is 27.6 Å². The van der Waals surface area contributed by atoms with E-state index < -0.39 is 0 Å². The van der Waals surface area contributed by atoms with Crippen LogP contribution in [0.1, 0.15) is 16.1 Å². The molecule has 0 saturated heterocycles. The number of para-hydroxylation sites is 1. The molecular formula is C27H26Cl2FN3O. The van der Waals surface area contributed by atoms with E-state index in [9.17, 15) is 9.18 Å². The summed E-state index contributed by atoms with van der Waals surface area (Å²) >= 11 is 12.3. The first-order chi connectivity index (χ1) is 16.3. The molecule has 0 fully saturated rings. The molecule has 0 saturated carbocycles. The first kappa shape index (κ1) is 24.3. The summed E-state index contributed by atoms with van der Waals surface area (Å²) in [4.78, 5) is 18.0. The number of benzene rings is 3. The molecule has 1 heterocycles. The zero-order valence-electron chi connectivity index (χ0n) is 19.4. The number of aromatic nitrogens is 1. The summed E-state index contributed by atoms with van der Waals surface area (Å²) in [6.45, 7) is 1.60. The number of hydrogen-bond donors (Lipinski definition) is 0. The highest BCUT2D eigenvalue weighted by atomic mass is 35.5. The highest BCUT2D eigenvalue weighted by Crippen LogP contribution is 2.35. The Balaban J connectivity index is 1.83. The minimum Gasteiger partial charge on any atom is -0.339 e. The fourth-order valence-corrected chi connectivity index (χ4v) is 4.45. The van der Waals surface area contributed by atoms with Crippen molar-refractivity contribution in [3.8, 4) is 11.1 Å². The molecule has 1 amide bonds. The van der Waals surface area contributed by atoms with Gasteiger partial charge in [-0.05, 0) is 55.6 Å². The zero-order valence-corrected chi connectivity index (χ0v) is 20.9. The maximum atomic E-state index is 14.1. The van der Waals surface area contributed by atoms with E-state index >= 15 is 0 Å². The highest BCUT2D eigenvalue weighted by molar-refractivity contribution is 6.42. The minimum absolute atomic E-state index is 0.106. The standard InChI is InChI=1S/C27H26Cl2FN3O/c1-31(2)14-15-33(17-18-8-13-22(28)23(29)16-18)27(34)26-25(19-9-11-20(30)12-10-19)21-6-4-5-7-24(21)32(26)3/h4-13,16H,14-15,17H2,1-3H3. The number of carbonyl (C=O) groups excluding carboxylic acids is 1. The molecule has 1 aromatic heterocycles. The summed E-state index contributed by atoms with van der Waals surface area (Å²) in [7, 11) is 5.84. The van der Waals surface area contributed by atoms with Crippen molar-refractivity contribution in [1.29, 1.82) is 0 Å². The van der Waals surface area contributed by atoms with Gasteiger partial charge in [0.25, 0.3) is 5.91 Å². The largest absolute Gasteiger partial charge is 0.339 e. The quantitative estimate of drug-likeness (QED) is 0.291. The van der Waals surface area contributed by atoms with Gasteiger partial charge in [0.1, 0.15) is 11.5 Å². The third-order valence-corrected chi connectivity index (χ3v) is 6.64. The van der Waals surface area contributed by atoms with E-state index in [4.69, 9.17) is 23.2 Å². The molecule has 34 heavy (non-hydrogen) atoms. The minimum atomic E-state index is -0.316. The molecule has 4 aromatic rings. The molecule has 0 N–H and O–H groups in total. The van der Waals surface area contributed by atoms with Crippen LogP contribution in [-0.2, 0) is 13.6 Å². The number of hydrogen-bond acceptors (Lipinski definition) is 2. The van der Waals surface area contributed by atoms with Crippen LogP contribution in [-0.4, -0.2) is 47.5 Å². The number of halogens is 3. The molecule has 0 aliphatic heterocycles. The van der Waals surface area contributed by atoms with Gasteiger partial charge in [-0.25, -0.2) is 4.39 Å². The average Bonchev–Trinajstić information content (AvgIpc) is 3.11. The Morgan fingerprint density at radius 3 is 2.32 bits per heavy atom. The van der Waals surface area contributed by atoms with E-state index in [0.29, 0.717) is 35.4 Å². The van der Waals surface area contributed by atoms with Crippen LogP contribution in [0.15, 0.2) is 66.7 Å². The van der Waals surface area contributed by atoms with Crippen molar-refractivity contribution >= 4 is 40.0 Å². The summed E-state index contributed by atoms with van der Waals surface area (Å²) < 4.78 is 15.6. The lowest BCUT2D eigenvalue weighted by molar-refractivity contribution is 0.0723. The normalized spacial score (nSPS) is 11.4. The third-order valence-electron chi connectivity index (χ3n) is 5.90. The monoisotopic (exact) mass is 497 g/mol. The maximum absolute atomic E-state index is 14.1. The molecule has 0 spiro atoms. The molecule has 0 bridgehead atoms. The number of rotatable bonds is 7. The molecule has 4 rings (SSSR count). The topological polar surface area (TPSA) is 28.5 Å². The zero-order chi connectivity index (χ0) is 24.4. The molecule has 0 aliphatic carbocycles. The Hall–Kier alpha value is -2.86. The van der Waals surface area contributed by atoms with Crippen molar-refractivity contribution in [2.75, 3.05) is 27.2 Å². The SMILES string of the molecule is CN(C)CCN(Cc1ccc(Cl)c(Cl)c1)C(=O)c1c(-c2ccc(F)cc2)c2ccccc2n1C. The molecule has 0 radical (unpaired) electrons. The molecule has 3 aromatic carbocycles. The number of aryl methyl sites for hydroxylation is 1. The van der Waals surface area contributed by atoms with Crippen LogP contribution in [0.5, 0.6) is 0 Å². The Bertz CT molecular complexity index is 1330. The average molecular weight is 498 g/mol. The summed E-state index contributed by atoms with van der Waals surface area (Å²) in [5.41, 5.74) is 3.98. The summed E-state index contributed by atoms with van der Waals surface area (Å²) in [5.74, 6) is -0.421. The summed E-state index contributed by atoms with van der Waals surface area (Å²) in [6, 6.07) is 19.6. The van der Waals surface area contributed by atoms with E-state index in [1.165, 1.54) is 12.1 Å². The summed E-state index contributed by atoms with van der Waals surface area (Å²) in [5, 5.41) is 1.88. The van der Waals surface area contributed by atoms with Gasteiger partial charge >= 0.3 is 0 Å². The highest BCUT2D eigenvalue weighted by Gasteiger charge is 2.26. The Labute approximate surface area is 209 Å². The maximum Gasteiger partial charge on any atom is 0.271 e. The number of carbonyl (C=O) groups is 1. The first-order valence-electron chi connectivity index (χ1n) is 11.0. The van der Waals surface area contributed by atoms with Gasteiger partial charge in [-0.3, -0.25) is 4.79 Å². The van der Waals surface area contributed by atoms with Gasteiger partial charge in [0, 0.05) is 43.1 Å². The van der Waals surface area contributed by atoms with Crippen molar-refractivity contribution in [1.82, 2.24) is 14.4 Å². The fourth-order valence-electron chi connectivity index (χ4n) is 4.13. The van der Waals surface area contributed by atoms with E-state index in [1.807, 2.05) is 65.8 Å². The van der Waals surface area contributed by atoms with Crippen LogP contribution < -0.4 is 0 Å². The Kier molecular flexibility index (Phi) is 7.27. The van der Waals surface area contributed by atoms with Crippen molar-refractivity contribution in [2.24, 2.45) is 7.05 Å². The van der Waals surface area contributed by atoms with Crippen LogP contribution >= 0.6 is 23.2 Å². The smallest absolute Gasteiger partial charge is 0.271 e. The molecule has 7 heteroatoms. The number of nitrogens with zero attached hydrogens (tertiary/aromatic N) is 3. The fraction of sp³-hybridized carbons (Fsp3) is 0.222. The Morgan fingerprint density at radius 1 is 0.941 bits per heavy atom. The molecular weight excluding hydrogens is 472 g/mol. The van der Waals surface area contributed by atoms with Crippen LogP contribution in [0, 0.1) is 5.82 Å². The number of likely N-dealkylation sites (N-methyl/N-ethyl adjacent to an activating group) is 1. The van der Waals surface area contributed by atoms with E-state index in [-0.39, 0.29) is 11.7 Å². The van der Waals surface area contributed by atoms with Gasteiger partial charge in [-0.2, -0.15) is 0 Å². The number of fused-ring (bicyclic) bond motifs is 1. The van der Waals surface area contributed by atoms with Gasteiger partial charge in [-0.15, -0.1) is 0 Å². The molecule has 0 atom stereocenters. The van der Waals surface area contributed by atoms with E-state index in [1.54, 1.807) is 24.3 Å². The predicted molar refractivity (Wildman–Crippen MR) is 138 cm³/mol. The van der Waals surface area contributed by atoms with Gasteiger partial charge in [0.15, 0.2) is 0 Å². The van der Waals surface area contributed by atoms with Gasteiger partial charge in [0.2, 0.25) is 0 Å². The Morgan fingerprint density at radius 2 is 1.65 bits per heavy atom. The van der Waals surface area contributed by atoms with Crippen LogP contribution in [0.25, 0.3) is 22.0 Å². The van der Waals surface area contributed by atoms with Crippen LogP contribution in [0.3, 0.4) is 0 Å². The van der Waals surface area contributed by atoms with Crippen molar-refractivity contribution in [2.45, 2.75) is 6.54 Å². The molecule has 176 valence electrons. The van der Waals surface area contributed by atoms with Crippen LogP contribution in [0.4, 0.5) is 4.39 Å². The van der Waals surface area contributed by atoms with Crippen molar-refractivity contribution in [3.05, 3.63) is 93.8 Å². The predicted octanol–water partition coefficient (Wildman–Crippen LogP) is 6.50. The van der Waals surface area contributed by atoms with E-state index in [2.05, 4.69) is 0 Å². The molecule has 4 nitrogen and oxygen atoms in total. The van der Waals surface area contributed by atoms with Crippen molar-refractivity contribution in [3.63, 3.8) is 0 Å². The van der Waals surface area contributed by atoms with Gasteiger partial charge in [-0.1, -0.05) is 59.6 Å². The van der Waals surface area contributed by atoms with Gasteiger partial charge in [0.05, 0.1) is 10.0 Å².